The number of benzene rings is 1. The number of nitrogens with one attached hydrogen (secondary N) is 1. The topological polar surface area (TPSA) is 62.3 Å². The van der Waals surface area contributed by atoms with Gasteiger partial charge in [0.2, 0.25) is 11.8 Å². The Labute approximate surface area is 158 Å². The fraction of sp³-hybridized carbons (Fsp3) is 0.381. The Morgan fingerprint density at radius 2 is 2.00 bits per heavy atom. The zero-order chi connectivity index (χ0) is 19.2. The first kappa shape index (κ1) is 19.0. The number of piperidine rings is 1. The molecule has 1 atom stereocenters. The van der Waals surface area contributed by atoms with Gasteiger partial charge in [0.1, 0.15) is 5.82 Å². The van der Waals surface area contributed by atoms with Gasteiger partial charge in [0.15, 0.2) is 0 Å². The lowest BCUT2D eigenvalue weighted by Gasteiger charge is -2.36. The van der Waals surface area contributed by atoms with E-state index in [1.807, 2.05) is 23.1 Å². The average Bonchev–Trinajstić information content (AvgIpc) is 2.67. The summed E-state index contributed by atoms with van der Waals surface area (Å²) >= 11 is 0. The van der Waals surface area contributed by atoms with Crippen LogP contribution in [0.3, 0.4) is 0 Å². The lowest BCUT2D eigenvalue weighted by Crippen LogP contribution is -2.43. The fourth-order valence-corrected chi connectivity index (χ4v) is 3.63. The molecule has 3 rings (SSSR count). The minimum atomic E-state index is -0.326. The molecule has 0 saturated carbocycles. The van der Waals surface area contributed by atoms with Crippen molar-refractivity contribution in [3.63, 3.8) is 0 Å². The maximum atomic E-state index is 13.3. The maximum absolute atomic E-state index is 13.3. The van der Waals surface area contributed by atoms with Gasteiger partial charge in [0.05, 0.1) is 18.2 Å². The molecule has 2 aromatic rings. The number of carbonyl (C=O) groups excluding carboxylic acids is 2. The third kappa shape index (κ3) is 5.12. The van der Waals surface area contributed by atoms with Gasteiger partial charge in [-0.2, -0.15) is 0 Å². The van der Waals surface area contributed by atoms with Crippen molar-refractivity contribution in [2.45, 2.75) is 32.2 Å². The third-order valence-corrected chi connectivity index (χ3v) is 4.97. The second-order valence-electron chi connectivity index (χ2n) is 6.96. The van der Waals surface area contributed by atoms with Crippen molar-refractivity contribution in [2.24, 2.45) is 5.92 Å². The van der Waals surface area contributed by atoms with Gasteiger partial charge in [0.25, 0.3) is 0 Å². The zero-order valence-corrected chi connectivity index (χ0v) is 15.4. The molecule has 1 aliphatic rings. The summed E-state index contributed by atoms with van der Waals surface area (Å²) in [5.41, 5.74) is 1.53. The van der Waals surface area contributed by atoms with Gasteiger partial charge in [-0.05, 0) is 48.6 Å². The van der Waals surface area contributed by atoms with Crippen LogP contribution in [0.2, 0.25) is 0 Å². The van der Waals surface area contributed by atoms with Gasteiger partial charge in [-0.15, -0.1) is 0 Å². The van der Waals surface area contributed by atoms with Crippen LogP contribution in [0.15, 0.2) is 48.7 Å². The lowest BCUT2D eigenvalue weighted by molar-refractivity contribution is -0.132. The molecule has 6 heteroatoms. The predicted octanol–water partition coefficient (Wildman–Crippen LogP) is 2.88. The number of aromatic nitrogens is 1. The molecule has 1 N–H and O–H groups in total. The number of hydrogen-bond acceptors (Lipinski definition) is 3. The number of rotatable bonds is 5. The van der Waals surface area contributed by atoms with E-state index in [1.165, 1.54) is 19.1 Å². The van der Waals surface area contributed by atoms with Gasteiger partial charge in [0, 0.05) is 26.2 Å². The van der Waals surface area contributed by atoms with Crippen molar-refractivity contribution >= 4 is 11.8 Å². The highest BCUT2D eigenvalue weighted by atomic mass is 19.1. The van der Waals surface area contributed by atoms with Crippen LogP contribution in [0, 0.1) is 11.7 Å². The molecule has 5 nitrogen and oxygen atoms in total. The summed E-state index contributed by atoms with van der Waals surface area (Å²) in [6.45, 7) is 2.76. The van der Waals surface area contributed by atoms with Gasteiger partial charge in [-0.3, -0.25) is 14.6 Å². The van der Waals surface area contributed by atoms with Crippen molar-refractivity contribution in [2.75, 3.05) is 13.1 Å². The first-order valence-electron chi connectivity index (χ1n) is 9.23. The van der Waals surface area contributed by atoms with Crippen LogP contribution in [-0.4, -0.2) is 34.8 Å². The number of amides is 2. The molecule has 1 unspecified atom stereocenters. The molecule has 0 radical (unpaired) electrons. The van der Waals surface area contributed by atoms with Crippen LogP contribution in [-0.2, 0) is 16.0 Å². The van der Waals surface area contributed by atoms with Crippen LogP contribution >= 0.6 is 0 Å². The smallest absolute Gasteiger partial charge is 0.226 e. The highest BCUT2D eigenvalue weighted by Gasteiger charge is 2.30. The van der Waals surface area contributed by atoms with Gasteiger partial charge < -0.3 is 10.2 Å². The first-order valence-corrected chi connectivity index (χ1v) is 9.23. The minimum absolute atomic E-state index is 0.00737. The normalized spacial score (nSPS) is 16.0. The van der Waals surface area contributed by atoms with Crippen LogP contribution < -0.4 is 5.32 Å². The van der Waals surface area contributed by atoms with Crippen molar-refractivity contribution in [3.8, 4) is 0 Å². The summed E-state index contributed by atoms with van der Waals surface area (Å²) in [5.74, 6) is -0.183. The van der Waals surface area contributed by atoms with Crippen LogP contribution in [0.4, 0.5) is 4.39 Å². The Morgan fingerprint density at radius 1 is 1.22 bits per heavy atom. The Kier molecular flexibility index (Phi) is 6.16. The Morgan fingerprint density at radius 3 is 2.63 bits per heavy atom. The van der Waals surface area contributed by atoms with E-state index in [2.05, 4.69) is 10.3 Å². The first-order chi connectivity index (χ1) is 13.0. The molecule has 0 spiro atoms. The molecular formula is C21H24FN3O2. The summed E-state index contributed by atoms with van der Waals surface area (Å²) < 4.78 is 13.3. The number of pyridine rings is 1. The van der Waals surface area contributed by atoms with Gasteiger partial charge in [-0.25, -0.2) is 4.39 Å². The van der Waals surface area contributed by atoms with Crippen molar-refractivity contribution in [1.29, 1.82) is 0 Å². The van der Waals surface area contributed by atoms with Crippen molar-refractivity contribution < 1.29 is 14.0 Å². The number of nitrogens with zero attached hydrogens (tertiary/aromatic N) is 2. The molecule has 1 saturated heterocycles. The predicted molar refractivity (Wildman–Crippen MR) is 100 cm³/mol. The number of likely N-dealkylation sites (tertiary alicyclic amines) is 1. The van der Waals surface area contributed by atoms with Gasteiger partial charge in [-0.1, -0.05) is 18.2 Å². The quantitative estimate of drug-likeness (QED) is 0.882. The second kappa shape index (κ2) is 8.75. The molecule has 1 aromatic heterocycles. The zero-order valence-electron chi connectivity index (χ0n) is 15.4. The van der Waals surface area contributed by atoms with Gasteiger partial charge >= 0.3 is 0 Å². The van der Waals surface area contributed by atoms with E-state index < -0.39 is 0 Å². The molecule has 1 aliphatic heterocycles. The third-order valence-electron chi connectivity index (χ3n) is 4.97. The Bertz CT molecular complexity index is 789. The molecule has 2 heterocycles. The molecule has 1 aromatic carbocycles. The minimum Gasteiger partial charge on any atom is -0.348 e. The molecule has 0 aliphatic carbocycles. The summed E-state index contributed by atoms with van der Waals surface area (Å²) in [6, 6.07) is 11.7. The number of hydrogen-bond donors (Lipinski definition) is 1. The van der Waals surface area contributed by atoms with E-state index in [4.69, 9.17) is 0 Å². The van der Waals surface area contributed by atoms with Crippen LogP contribution in [0.5, 0.6) is 0 Å². The molecule has 27 heavy (non-hydrogen) atoms. The van der Waals surface area contributed by atoms with Crippen LogP contribution in [0.25, 0.3) is 0 Å². The molecule has 1 fully saturated rings. The molecule has 0 bridgehead atoms. The lowest BCUT2D eigenvalue weighted by atomic mass is 9.87. The number of carbonyl (C=O) groups is 2. The van der Waals surface area contributed by atoms with E-state index >= 15 is 0 Å². The summed E-state index contributed by atoms with van der Waals surface area (Å²) in [7, 11) is 0. The maximum Gasteiger partial charge on any atom is 0.226 e. The molecular weight excluding hydrogens is 345 g/mol. The summed E-state index contributed by atoms with van der Waals surface area (Å²) in [6.07, 6.45) is 3.51. The largest absolute Gasteiger partial charge is 0.348 e. The SMILES string of the molecule is CC(=O)NC(c1ccccn1)C1CCN(C(=O)Cc2cccc(F)c2)CC1. The average molecular weight is 369 g/mol. The highest BCUT2D eigenvalue weighted by molar-refractivity contribution is 5.78. The summed E-state index contributed by atoms with van der Waals surface area (Å²) in [5, 5.41) is 3.01. The Balaban J connectivity index is 1.61. The summed E-state index contributed by atoms with van der Waals surface area (Å²) in [4.78, 5) is 30.4. The van der Waals surface area contributed by atoms with Crippen molar-refractivity contribution in [1.82, 2.24) is 15.2 Å². The highest BCUT2D eigenvalue weighted by Crippen LogP contribution is 2.30. The van der Waals surface area contributed by atoms with Crippen LogP contribution in [0.1, 0.15) is 37.1 Å². The molecule has 2 amide bonds. The van der Waals surface area contributed by atoms with E-state index in [9.17, 15) is 14.0 Å². The number of halogens is 1. The monoisotopic (exact) mass is 369 g/mol. The fourth-order valence-electron chi connectivity index (χ4n) is 3.63. The van der Waals surface area contributed by atoms with E-state index in [1.54, 1.807) is 18.3 Å². The van der Waals surface area contributed by atoms with Crippen molar-refractivity contribution in [3.05, 3.63) is 65.7 Å². The van der Waals surface area contributed by atoms with E-state index in [0.29, 0.717) is 18.7 Å². The standard InChI is InChI=1S/C21H24FN3O2/c1-15(26)24-21(19-7-2-3-10-23-19)17-8-11-25(12-9-17)20(27)14-16-5-4-6-18(22)13-16/h2-7,10,13,17,21H,8-9,11-12,14H2,1H3,(H,24,26). The van der Waals surface area contributed by atoms with E-state index in [-0.39, 0.29) is 36.0 Å². The Hall–Kier alpha value is -2.76. The van der Waals surface area contributed by atoms with E-state index in [0.717, 1.165) is 18.5 Å². The molecule has 142 valence electrons. The second-order valence-corrected chi connectivity index (χ2v) is 6.96.